The summed E-state index contributed by atoms with van der Waals surface area (Å²) in [6, 6.07) is 0. The summed E-state index contributed by atoms with van der Waals surface area (Å²) >= 11 is 3.40. The first-order valence-electron chi connectivity index (χ1n) is 4.26. The smallest absolute Gasteiger partial charge is 0.180 e. The number of nitrogens with zero attached hydrogens (tertiary/aromatic N) is 2. The Balaban J connectivity index is 2.09. The molecule has 3 nitrogen and oxygen atoms in total. The number of carbonyl (C=O) groups is 1. The average Bonchev–Trinajstić information content (AvgIpc) is 2.67. The van der Waals surface area contributed by atoms with E-state index in [2.05, 4.69) is 10.2 Å². The summed E-state index contributed by atoms with van der Waals surface area (Å²) in [6.45, 7) is 0. The fourth-order valence-corrected chi connectivity index (χ4v) is 3.44. The third-order valence-electron chi connectivity index (χ3n) is 2.07. The molecule has 1 saturated heterocycles. The number of aromatic nitrogens is 2. The van der Waals surface area contributed by atoms with Crippen molar-refractivity contribution in [3.05, 3.63) is 10.0 Å². The molecule has 1 aromatic heterocycles. The summed E-state index contributed by atoms with van der Waals surface area (Å²) in [5, 5.41) is 9.38. The van der Waals surface area contributed by atoms with Crippen molar-refractivity contribution in [2.45, 2.75) is 18.8 Å². The van der Waals surface area contributed by atoms with Gasteiger partial charge < -0.3 is 0 Å². The lowest BCUT2D eigenvalue weighted by molar-refractivity contribution is 0.112. The Morgan fingerprint density at radius 3 is 3.00 bits per heavy atom. The van der Waals surface area contributed by atoms with Gasteiger partial charge in [-0.15, -0.1) is 10.2 Å². The van der Waals surface area contributed by atoms with Gasteiger partial charge in [0, 0.05) is 11.7 Å². The summed E-state index contributed by atoms with van der Waals surface area (Å²) in [7, 11) is 0. The van der Waals surface area contributed by atoms with Gasteiger partial charge in [0.2, 0.25) is 0 Å². The number of rotatable bonds is 2. The quantitative estimate of drug-likeness (QED) is 0.706. The number of hydrogen-bond acceptors (Lipinski definition) is 5. The molecule has 1 atom stereocenters. The van der Waals surface area contributed by atoms with Crippen LogP contribution in [0.4, 0.5) is 0 Å². The lowest BCUT2D eigenvalue weighted by atomic mass is 10.1. The zero-order chi connectivity index (χ0) is 9.10. The number of aldehydes is 1. The molecular formula is C8H10N2OS2. The van der Waals surface area contributed by atoms with Crippen molar-refractivity contribution in [3.63, 3.8) is 0 Å². The first-order valence-corrected chi connectivity index (χ1v) is 6.23. The van der Waals surface area contributed by atoms with Gasteiger partial charge in [-0.25, -0.2) is 0 Å². The molecule has 0 radical (unpaired) electrons. The first kappa shape index (κ1) is 9.15. The fraction of sp³-hybridized carbons (Fsp3) is 0.625. The molecule has 5 heteroatoms. The maximum absolute atomic E-state index is 10.4. The highest BCUT2D eigenvalue weighted by molar-refractivity contribution is 7.99. The highest BCUT2D eigenvalue weighted by Crippen LogP contribution is 2.32. The minimum Gasteiger partial charge on any atom is -0.295 e. The van der Waals surface area contributed by atoms with Crippen molar-refractivity contribution in [1.29, 1.82) is 0 Å². The molecule has 0 amide bonds. The fourth-order valence-electron chi connectivity index (χ4n) is 1.39. The van der Waals surface area contributed by atoms with Crippen LogP contribution < -0.4 is 0 Å². The molecule has 70 valence electrons. The molecule has 1 unspecified atom stereocenters. The second-order valence-corrected chi connectivity index (χ2v) is 5.20. The molecule has 1 aromatic rings. The second-order valence-electron chi connectivity index (χ2n) is 3.01. The largest absolute Gasteiger partial charge is 0.295 e. The number of hydrogen-bond donors (Lipinski definition) is 0. The van der Waals surface area contributed by atoms with E-state index in [0.717, 1.165) is 17.0 Å². The molecule has 1 fully saturated rings. The van der Waals surface area contributed by atoms with Crippen LogP contribution in [0.2, 0.25) is 0 Å². The van der Waals surface area contributed by atoms with E-state index in [1.54, 1.807) is 0 Å². The van der Waals surface area contributed by atoms with Crippen LogP contribution in [0.25, 0.3) is 0 Å². The van der Waals surface area contributed by atoms with E-state index < -0.39 is 0 Å². The van der Waals surface area contributed by atoms with Crippen molar-refractivity contribution < 1.29 is 4.79 Å². The van der Waals surface area contributed by atoms with Crippen LogP contribution in [0.15, 0.2) is 0 Å². The Morgan fingerprint density at radius 1 is 1.46 bits per heavy atom. The molecule has 0 aromatic carbocycles. The Bertz CT molecular complexity index is 294. The van der Waals surface area contributed by atoms with Crippen LogP contribution >= 0.6 is 23.1 Å². The van der Waals surface area contributed by atoms with Crippen LogP contribution in [0.5, 0.6) is 0 Å². The van der Waals surface area contributed by atoms with Crippen LogP contribution in [0, 0.1) is 0 Å². The van der Waals surface area contributed by atoms with Gasteiger partial charge in [0.1, 0.15) is 5.01 Å². The molecule has 0 aliphatic carbocycles. The Morgan fingerprint density at radius 2 is 2.38 bits per heavy atom. The monoisotopic (exact) mass is 214 g/mol. The summed E-state index contributed by atoms with van der Waals surface area (Å²) in [6.07, 6.45) is 3.23. The summed E-state index contributed by atoms with van der Waals surface area (Å²) < 4.78 is 0. The number of carbonyl (C=O) groups excluding carboxylic acids is 1. The van der Waals surface area contributed by atoms with E-state index in [4.69, 9.17) is 0 Å². The molecule has 0 bridgehead atoms. The van der Waals surface area contributed by atoms with Crippen LogP contribution in [-0.2, 0) is 0 Å². The van der Waals surface area contributed by atoms with Crippen molar-refractivity contribution in [2.75, 3.05) is 11.5 Å². The molecule has 13 heavy (non-hydrogen) atoms. The molecule has 0 saturated carbocycles. The van der Waals surface area contributed by atoms with Crippen molar-refractivity contribution in [1.82, 2.24) is 10.2 Å². The molecule has 2 rings (SSSR count). The van der Waals surface area contributed by atoms with Gasteiger partial charge in [0.05, 0.1) is 0 Å². The second kappa shape index (κ2) is 4.19. The van der Waals surface area contributed by atoms with Gasteiger partial charge in [-0.3, -0.25) is 4.79 Å². The lowest BCUT2D eigenvalue weighted by Gasteiger charge is -2.17. The predicted octanol–water partition coefficient (Wildman–Crippen LogP) is 1.96. The zero-order valence-electron chi connectivity index (χ0n) is 7.10. The van der Waals surface area contributed by atoms with E-state index in [1.807, 2.05) is 11.8 Å². The van der Waals surface area contributed by atoms with Crippen molar-refractivity contribution in [2.24, 2.45) is 0 Å². The van der Waals surface area contributed by atoms with Crippen LogP contribution in [0.1, 0.15) is 33.6 Å². The minimum atomic E-state index is 0.505. The molecule has 1 aliphatic rings. The lowest BCUT2D eigenvalue weighted by Crippen LogP contribution is -2.08. The normalized spacial score (nSPS) is 22.9. The first-order chi connectivity index (χ1) is 6.40. The third kappa shape index (κ3) is 2.08. The zero-order valence-corrected chi connectivity index (χ0v) is 8.74. The standard InChI is InChI=1S/C8H10N2OS2/c11-4-7-9-10-8(13-7)6-2-1-3-12-5-6/h4,6H,1-3,5H2. The predicted molar refractivity (Wildman–Crippen MR) is 54.6 cm³/mol. The summed E-state index contributed by atoms with van der Waals surface area (Å²) in [5.74, 6) is 2.92. The Kier molecular flexibility index (Phi) is 2.95. The summed E-state index contributed by atoms with van der Waals surface area (Å²) in [5.41, 5.74) is 0. The Hall–Kier alpha value is -0.420. The van der Waals surface area contributed by atoms with Crippen molar-refractivity contribution in [3.8, 4) is 0 Å². The SMILES string of the molecule is O=Cc1nnc(C2CCCSC2)s1. The summed E-state index contributed by atoms with van der Waals surface area (Å²) in [4.78, 5) is 10.4. The van der Waals surface area contributed by atoms with Crippen LogP contribution in [-0.4, -0.2) is 28.0 Å². The van der Waals surface area contributed by atoms with E-state index in [9.17, 15) is 4.79 Å². The number of thioether (sulfide) groups is 1. The van der Waals surface area contributed by atoms with Gasteiger partial charge in [0.15, 0.2) is 11.3 Å². The minimum absolute atomic E-state index is 0.505. The molecular weight excluding hydrogens is 204 g/mol. The molecule has 1 aliphatic heterocycles. The highest BCUT2D eigenvalue weighted by Gasteiger charge is 2.19. The molecule has 0 spiro atoms. The third-order valence-corrected chi connectivity index (χ3v) is 4.29. The van der Waals surface area contributed by atoms with E-state index in [-0.39, 0.29) is 0 Å². The maximum atomic E-state index is 10.4. The maximum Gasteiger partial charge on any atom is 0.180 e. The van der Waals surface area contributed by atoms with E-state index in [1.165, 1.54) is 29.9 Å². The highest BCUT2D eigenvalue weighted by atomic mass is 32.2. The average molecular weight is 214 g/mol. The van der Waals surface area contributed by atoms with Gasteiger partial charge in [-0.2, -0.15) is 11.8 Å². The van der Waals surface area contributed by atoms with E-state index >= 15 is 0 Å². The van der Waals surface area contributed by atoms with Gasteiger partial charge in [0.25, 0.3) is 0 Å². The molecule has 0 N–H and O–H groups in total. The topological polar surface area (TPSA) is 42.9 Å². The van der Waals surface area contributed by atoms with E-state index in [0.29, 0.717) is 10.9 Å². The van der Waals surface area contributed by atoms with Crippen molar-refractivity contribution >= 4 is 29.4 Å². The van der Waals surface area contributed by atoms with Gasteiger partial charge in [-0.1, -0.05) is 11.3 Å². The van der Waals surface area contributed by atoms with Crippen LogP contribution in [0.3, 0.4) is 0 Å². The Labute approximate surface area is 84.9 Å². The van der Waals surface area contributed by atoms with Gasteiger partial charge >= 0.3 is 0 Å². The molecule has 2 heterocycles. The van der Waals surface area contributed by atoms with Gasteiger partial charge in [-0.05, 0) is 18.6 Å².